The molecule has 1 aliphatic heterocycles. The van der Waals surface area contributed by atoms with Gasteiger partial charge in [0.25, 0.3) is 0 Å². The van der Waals surface area contributed by atoms with Crippen molar-refractivity contribution in [3.8, 4) is 11.5 Å². The number of methoxy groups -OCH3 is 2. The molecule has 7 heteroatoms. The first-order chi connectivity index (χ1) is 13.1. The molecule has 1 atom stereocenters. The Morgan fingerprint density at radius 3 is 2.74 bits per heavy atom. The predicted octanol–water partition coefficient (Wildman–Crippen LogP) is 2.31. The molecule has 142 valence electrons. The molecule has 0 saturated carbocycles. The molecule has 1 saturated heterocycles. The molecule has 0 bridgehead atoms. The molecule has 2 aromatic carbocycles. The molecular weight excluding hydrogens is 346 g/mol. The van der Waals surface area contributed by atoms with Gasteiger partial charge >= 0.3 is 6.03 Å². The molecule has 0 radical (unpaired) electrons. The van der Waals surface area contributed by atoms with Crippen LogP contribution in [0.2, 0.25) is 0 Å². The number of amides is 3. The molecule has 2 aromatic rings. The van der Waals surface area contributed by atoms with Crippen LogP contribution in [-0.2, 0) is 11.3 Å². The summed E-state index contributed by atoms with van der Waals surface area (Å²) in [5.41, 5.74) is 1.65. The van der Waals surface area contributed by atoms with E-state index >= 15 is 0 Å². The highest BCUT2D eigenvalue weighted by atomic mass is 16.5. The Morgan fingerprint density at radius 1 is 1.15 bits per heavy atom. The van der Waals surface area contributed by atoms with Gasteiger partial charge in [-0.2, -0.15) is 0 Å². The molecule has 3 rings (SSSR count). The average molecular weight is 369 g/mol. The van der Waals surface area contributed by atoms with Crippen molar-refractivity contribution in [2.24, 2.45) is 0 Å². The van der Waals surface area contributed by atoms with Gasteiger partial charge in [0, 0.05) is 36.8 Å². The van der Waals surface area contributed by atoms with Crippen molar-refractivity contribution in [1.82, 2.24) is 10.6 Å². The third-order valence-electron chi connectivity index (χ3n) is 4.46. The van der Waals surface area contributed by atoms with Gasteiger partial charge in [-0.05, 0) is 18.2 Å². The lowest BCUT2D eigenvalue weighted by Gasteiger charge is -2.18. The van der Waals surface area contributed by atoms with E-state index in [1.165, 1.54) is 0 Å². The maximum absolute atomic E-state index is 12.3. The van der Waals surface area contributed by atoms with Crippen LogP contribution in [-0.4, -0.2) is 38.7 Å². The van der Waals surface area contributed by atoms with Crippen molar-refractivity contribution >= 4 is 17.6 Å². The average Bonchev–Trinajstić information content (AvgIpc) is 3.06. The Kier molecular flexibility index (Phi) is 5.80. The summed E-state index contributed by atoms with van der Waals surface area (Å²) in [4.78, 5) is 26.2. The topological polar surface area (TPSA) is 79.9 Å². The SMILES string of the molecule is COc1cccc(N2C[C@H](NC(=O)NCc3ccccc3OC)CC2=O)c1. The number of rotatable bonds is 6. The van der Waals surface area contributed by atoms with E-state index in [1.807, 2.05) is 48.5 Å². The van der Waals surface area contributed by atoms with Crippen LogP contribution in [0.25, 0.3) is 0 Å². The lowest BCUT2D eigenvalue weighted by molar-refractivity contribution is -0.117. The fourth-order valence-electron chi connectivity index (χ4n) is 3.09. The smallest absolute Gasteiger partial charge is 0.315 e. The lowest BCUT2D eigenvalue weighted by atomic mass is 10.2. The standard InChI is InChI=1S/C20H23N3O4/c1-26-17-8-5-7-16(11-17)23-13-15(10-19(23)24)22-20(25)21-12-14-6-3-4-9-18(14)27-2/h3-9,11,15H,10,12-13H2,1-2H3,(H2,21,22,25)/t15-/m1/s1. The Balaban J connectivity index is 1.55. The summed E-state index contributed by atoms with van der Waals surface area (Å²) in [6.45, 7) is 0.768. The molecule has 0 unspecified atom stereocenters. The quantitative estimate of drug-likeness (QED) is 0.819. The van der Waals surface area contributed by atoms with E-state index in [0.29, 0.717) is 18.8 Å². The van der Waals surface area contributed by atoms with E-state index in [4.69, 9.17) is 9.47 Å². The van der Waals surface area contributed by atoms with Gasteiger partial charge in [0.2, 0.25) is 5.91 Å². The molecule has 1 fully saturated rings. The first-order valence-corrected chi connectivity index (χ1v) is 8.71. The summed E-state index contributed by atoms with van der Waals surface area (Å²) in [7, 11) is 3.18. The fraction of sp³-hybridized carbons (Fsp3) is 0.300. The lowest BCUT2D eigenvalue weighted by Crippen LogP contribution is -2.43. The zero-order valence-electron chi connectivity index (χ0n) is 15.4. The molecule has 2 N–H and O–H groups in total. The number of benzene rings is 2. The second-order valence-corrected chi connectivity index (χ2v) is 6.25. The number of carbonyl (C=O) groups is 2. The van der Waals surface area contributed by atoms with Gasteiger partial charge in [-0.1, -0.05) is 24.3 Å². The molecule has 27 heavy (non-hydrogen) atoms. The molecule has 7 nitrogen and oxygen atoms in total. The zero-order chi connectivity index (χ0) is 19.2. The summed E-state index contributed by atoms with van der Waals surface area (Å²) in [5.74, 6) is 1.38. The number of anilines is 1. The van der Waals surface area contributed by atoms with E-state index in [2.05, 4.69) is 10.6 Å². The van der Waals surface area contributed by atoms with Crippen molar-refractivity contribution in [3.63, 3.8) is 0 Å². The minimum Gasteiger partial charge on any atom is -0.497 e. The number of para-hydroxylation sites is 1. The third kappa shape index (κ3) is 4.49. The van der Waals surface area contributed by atoms with Gasteiger partial charge in [-0.25, -0.2) is 4.79 Å². The first kappa shape index (κ1) is 18.6. The third-order valence-corrected chi connectivity index (χ3v) is 4.46. The predicted molar refractivity (Wildman–Crippen MR) is 102 cm³/mol. The number of ether oxygens (including phenoxy) is 2. The molecule has 0 spiro atoms. The summed E-state index contributed by atoms with van der Waals surface area (Å²) < 4.78 is 10.5. The number of hydrogen-bond acceptors (Lipinski definition) is 4. The first-order valence-electron chi connectivity index (χ1n) is 8.71. The van der Waals surface area contributed by atoms with Crippen LogP contribution < -0.4 is 25.0 Å². The number of urea groups is 1. The summed E-state index contributed by atoms with van der Waals surface area (Å²) >= 11 is 0. The molecule has 0 aromatic heterocycles. The maximum atomic E-state index is 12.3. The van der Waals surface area contributed by atoms with Crippen LogP contribution in [0.3, 0.4) is 0 Å². The van der Waals surface area contributed by atoms with Crippen molar-refractivity contribution in [2.75, 3.05) is 25.7 Å². The van der Waals surface area contributed by atoms with E-state index in [-0.39, 0.29) is 24.4 Å². The molecule has 3 amide bonds. The zero-order valence-corrected chi connectivity index (χ0v) is 15.4. The molecular formula is C20H23N3O4. The number of hydrogen-bond donors (Lipinski definition) is 2. The number of nitrogens with one attached hydrogen (secondary N) is 2. The van der Waals surface area contributed by atoms with Crippen LogP contribution in [0, 0.1) is 0 Å². The van der Waals surface area contributed by atoms with Crippen molar-refractivity contribution in [1.29, 1.82) is 0 Å². The Labute approximate surface area is 158 Å². The van der Waals surface area contributed by atoms with E-state index in [1.54, 1.807) is 19.1 Å². The van der Waals surface area contributed by atoms with Crippen LogP contribution >= 0.6 is 0 Å². The Morgan fingerprint density at radius 2 is 1.96 bits per heavy atom. The van der Waals surface area contributed by atoms with E-state index < -0.39 is 0 Å². The Bertz CT molecular complexity index is 824. The second kappa shape index (κ2) is 8.44. The van der Waals surface area contributed by atoms with Gasteiger partial charge in [-0.15, -0.1) is 0 Å². The highest BCUT2D eigenvalue weighted by molar-refractivity contribution is 5.97. The second-order valence-electron chi connectivity index (χ2n) is 6.25. The Hall–Kier alpha value is -3.22. The molecule has 0 aliphatic carbocycles. The highest BCUT2D eigenvalue weighted by Gasteiger charge is 2.31. The highest BCUT2D eigenvalue weighted by Crippen LogP contribution is 2.25. The number of nitrogens with zero attached hydrogens (tertiary/aromatic N) is 1. The van der Waals surface area contributed by atoms with Gasteiger partial charge in [-0.3, -0.25) is 4.79 Å². The van der Waals surface area contributed by atoms with Crippen molar-refractivity contribution in [2.45, 2.75) is 19.0 Å². The minimum atomic E-state index is -0.314. The molecule has 1 aliphatic rings. The van der Waals surface area contributed by atoms with Crippen LogP contribution in [0.5, 0.6) is 11.5 Å². The van der Waals surface area contributed by atoms with Gasteiger partial charge in [0.05, 0.1) is 20.3 Å². The molecule has 1 heterocycles. The van der Waals surface area contributed by atoms with Crippen molar-refractivity contribution in [3.05, 3.63) is 54.1 Å². The van der Waals surface area contributed by atoms with E-state index in [0.717, 1.165) is 17.0 Å². The van der Waals surface area contributed by atoms with Gasteiger partial charge < -0.3 is 25.0 Å². The van der Waals surface area contributed by atoms with Crippen molar-refractivity contribution < 1.29 is 19.1 Å². The largest absolute Gasteiger partial charge is 0.497 e. The fourth-order valence-corrected chi connectivity index (χ4v) is 3.09. The van der Waals surface area contributed by atoms with Gasteiger partial charge in [0.15, 0.2) is 0 Å². The van der Waals surface area contributed by atoms with E-state index in [9.17, 15) is 9.59 Å². The number of carbonyl (C=O) groups excluding carboxylic acids is 2. The van der Waals surface area contributed by atoms with Gasteiger partial charge in [0.1, 0.15) is 11.5 Å². The summed E-state index contributed by atoms with van der Waals surface area (Å²) in [6.07, 6.45) is 0.263. The van der Waals surface area contributed by atoms with Crippen LogP contribution in [0.1, 0.15) is 12.0 Å². The normalized spacial score (nSPS) is 16.1. The monoisotopic (exact) mass is 369 g/mol. The minimum absolute atomic E-state index is 0.0294. The van der Waals surface area contributed by atoms with Crippen LogP contribution in [0.15, 0.2) is 48.5 Å². The summed E-state index contributed by atoms with van der Waals surface area (Å²) in [5, 5.41) is 5.67. The maximum Gasteiger partial charge on any atom is 0.315 e. The summed E-state index contributed by atoms with van der Waals surface area (Å²) in [6, 6.07) is 14.3. The van der Waals surface area contributed by atoms with Crippen LogP contribution in [0.4, 0.5) is 10.5 Å².